The zero-order valence-corrected chi connectivity index (χ0v) is 21.6. The summed E-state index contributed by atoms with van der Waals surface area (Å²) >= 11 is 0. The zero-order valence-electron chi connectivity index (χ0n) is 21.6. The molecule has 2 aromatic carbocycles. The van der Waals surface area contributed by atoms with E-state index in [0.29, 0.717) is 0 Å². The Balaban J connectivity index is 1.42. The van der Waals surface area contributed by atoms with E-state index in [1.54, 1.807) is 0 Å². The molecule has 15 heteroatoms. The molecule has 0 aliphatic carbocycles. The van der Waals surface area contributed by atoms with E-state index in [9.17, 15) is 50.4 Å². The molecule has 224 valence electrons. The van der Waals surface area contributed by atoms with Crippen LogP contribution in [0.25, 0.3) is 0 Å². The van der Waals surface area contributed by atoms with Gasteiger partial charge in [-0.25, -0.2) is 0 Å². The fourth-order valence-corrected chi connectivity index (χ4v) is 4.27. The molecule has 0 saturated carbocycles. The third kappa shape index (κ3) is 6.13. The highest BCUT2D eigenvalue weighted by Crippen LogP contribution is 2.31. The fraction of sp³-hybridized carbons (Fsp3) is 0.462. The molecule has 0 aromatic heterocycles. The number of aliphatic hydroxyl groups excluding tert-OH is 5. The molecule has 2 aliphatic heterocycles. The van der Waals surface area contributed by atoms with Crippen molar-refractivity contribution in [3.8, 4) is 23.0 Å². The van der Waals surface area contributed by atoms with E-state index in [2.05, 4.69) is 0 Å². The van der Waals surface area contributed by atoms with E-state index in [1.807, 2.05) is 0 Å². The topological polar surface area (TPSA) is 242 Å². The number of methoxy groups -OCH3 is 1. The summed E-state index contributed by atoms with van der Waals surface area (Å²) in [4.78, 5) is 25.3. The highest BCUT2D eigenvalue weighted by atomic mass is 16.7. The van der Waals surface area contributed by atoms with Gasteiger partial charge in [0.1, 0.15) is 47.6 Å². The van der Waals surface area contributed by atoms with Gasteiger partial charge in [-0.2, -0.15) is 0 Å². The molecule has 8 N–H and O–H groups in total. The highest BCUT2D eigenvalue weighted by Gasteiger charge is 2.50. The van der Waals surface area contributed by atoms with Crippen molar-refractivity contribution in [1.29, 1.82) is 0 Å². The van der Waals surface area contributed by atoms with Gasteiger partial charge in [-0.05, 0) is 30.3 Å². The number of ketones is 2. The number of benzene rings is 2. The van der Waals surface area contributed by atoms with E-state index < -0.39 is 85.8 Å². The van der Waals surface area contributed by atoms with Crippen LogP contribution in [-0.4, -0.2) is 128 Å². The predicted octanol–water partition coefficient (Wildman–Crippen LogP) is -2.18. The minimum Gasteiger partial charge on any atom is -0.507 e. The van der Waals surface area contributed by atoms with Crippen LogP contribution in [0, 0.1) is 0 Å². The maximum absolute atomic E-state index is 12.7. The van der Waals surface area contributed by atoms with Gasteiger partial charge in [0, 0.05) is 11.6 Å². The third-order valence-corrected chi connectivity index (χ3v) is 6.79. The number of hydrogen-bond acceptors (Lipinski definition) is 15. The maximum atomic E-state index is 12.7. The molecular formula is C26H30O15. The van der Waals surface area contributed by atoms with Crippen LogP contribution in [0.15, 0.2) is 36.4 Å². The second-order valence-corrected chi connectivity index (χ2v) is 9.58. The van der Waals surface area contributed by atoms with Gasteiger partial charge in [0.05, 0.1) is 32.5 Å². The van der Waals surface area contributed by atoms with E-state index >= 15 is 0 Å². The van der Waals surface area contributed by atoms with Gasteiger partial charge in [-0.15, -0.1) is 0 Å². The largest absolute Gasteiger partial charge is 0.507 e. The fourth-order valence-electron chi connectivity index (χ4n) is 4.27. The van der Waals surface area contributed by atoms with Gasteiger partial charge in [0.15, 0.2) is 17.8 Å². The Labute approximate surface area is 232 Å². The van der Waals surface area contributed by atoms with Crippen molar-refractivity contribution in [3.63, 3.8) is 0 Å². The number of hydrogen-bond donors (Lipinski definition) is 8. The quantitative estimate of drug-likeness (QED) is 0.110. The molecule has 2 saturated heterocycles. The SMILES string of the molecule is COc1ccc(C(=O)C(=O)c2ccc(O[C@@H]3O[C@H](CO[C@@H]4OC[C@@](O)(CO)[C@H]4O)[C@@H](O)[C@H](O)[C@H]3O)cc2O)cc1O. The Morgan fingerprint density at radius 1 is 0.951 bits per heavy atom. The van der Waals surface area contributed by atoms with Crippen LogP contribution in [-0.2, 0) is 14.2 Å². The Hall–Kier alpha value is -3.38. The molecule has 2 fully saturated rings. The Morgan fingerprint density at radius 2 is 1.68 bits per heavy atom. The monoisotopic (exact) mass is 582 g/mol. The lowest BCUT2D eigenvalue weighted by atomic mass is 9.99. The number of aliphatic hydroxyl groups is 6. The van der Waals surface area contributed by atoms with Crippen LogP contribution in [0.4, 0.5) is 0 Å². The number of rotatable bonds is 10. The number of carbonyl (C=O) groups excluding carboxylic acids is 2. The van der Waals surface area contributed by atoms with Crippen LogP contribution in [0.3, 0.4) is 0 Å². The molecule has 0 bridgehead atoms. The number of aromatic hydroxyl groups is 2. The summed E-state index contributed by atoms with van der Waals surface area (Å²) in [5.74, 6) is -3.19. The molecule has 0 amide bonds. The lowest BCUT2D eigenvalue weighted by Crippen LogP contribution is -2.60. The molecule has 2 heterocycles. The van der Waals surface area contributed by atoms with E-state index in [-0.39, 0.29) is 28.4 Å². The molecule has 4 rings (SSSR count). The van der Waals surface area contributed by atoms with Crippen molar-refractivity contribution >= 4 is 11.6 Å². The van der Waals surface area contributed by atoms with Crippen molar-refractivity contribution < 1.29 is 74.1 Å². The van der Waals surface area contributed by atoms with E-state index in [1.165, 1.54) is 25.3 Å². The first-order valence-electron chi connectivity index (χ1n) is 12.3. The summed E-state index contributed by atoms with van der Waals surface area (Å²) in [5, 5.41) is 80.7. The lowest BCUT2D eigenvalue weighted by Gasteiger charge is -2.40. The highest BCUT2D eigenvalue weighted by molar-refractivity contribution is 6.49. The maximum Gasteiger partial charge on any atom is 0.237 e. The van der Waals surface area contributed by atoms with Crippen molar-refractivity contribution in [2.75, 3.05) is 26.9 Å². The van der Waals surface area contributed by atoms with Crippen LogP contribution >= 0.6 is 0 Å². The van der Waals surface area contributed by atoms with Gasteiger partial charge in [-0.1, -0.05) is 0 Å². The first-order chi connectivity index (χ1) is 19.4. The summed E-state index contributed by atoms with van der Waals surface area (Å²) in [7, 11) is 1.31. The number of carbonyl (C=O) groups is 2. The summed E-state index contributed by atoms with van der Waals surface area (Å²) < 4.78 is 26.4. The average Bonchev–Trinajstić information content (AvgIpc) is 3.25. The third-order valence-electron chi connectivity index (χ3n) is 6.79. The second-order valence-electron chi connectivity index (χ2n) is 9.58. The minimum absolute atomic E-state index is 0.0928. The van der Waals surface area contributed by atoms with Crippen molar-refractivity contribution in [2.45, 2.75) is 48.7 Å². The van der Waals surface area contributed by atoms with Gasteiger partial charge in [0.2, 0.25) is 17.9 Å². The van der Waals surface area contributed by atoms with Gasteiger partial charge in [0.25, 0.3) is 0 Å². The number of Topliss-reactive ketones (excluding diaryl/α,β-unsaturated/α-hetero) is 2. The van der Waals surface area contributed by atoms with Crippen molar-refractivity contribution in [2.24, 2.45) is 0 Å². The smallest absolute Gasteiger partial charge is 0.237 e. The molecular weight excluding hydrogens is 552 g/mol. The first kappa shape index (κ1) is 30.6. The average molecular weight is 583 g/mol. The number of phenolic OH excluding ortho intramolecular Hbond substituents is 2. The van der Waals surface area contributed by atoms with Gasteiger partial charge >= 0.3 is 0 Å². The normalized spacial score (nSPS) is 31.5. The van der Waals surface area contributed by atoms with Crippen LogP contribution in [0.5, 0.6) is 23.0 Å². The van der Waals surface area contributed by atoms with Crippen molar-refractivity contribution in [3.05, 3.63) is 47.5 Å². The first-order valence-corrected chi connectivity index (χ1v) is 12.3. The standard InChI is InChI=1S/C26H30O15/c1-37-16-5-2-11(6-15(16)29)18(30)19(31)13-4-3-12(7-14(13)28)40-24-22(34)21(33)20(32)17(41-24)8-38-25-23(35)26(36,9-27)10-39-25/h2-7,17,20-25,27-29,32-36H,8-10H2,1H3/t17-,20-,21+,22-,23+,24-,25-,26+/m1/s1. The van der Waals surface area contributed by atoms with E-state index in [4.69, 9.17) is 23.7 Å². The van der Waals surface area contributed by atoms with Crippen molar-refractivity contribution in [1.82, 2.24) is 0 Å². The number of phenols is 2. The molecule has 2 aliphatic rings. The lowest BCUT2D eigenvalue weighted by molar-refractivity contribution is -0.289. The molecule has 0 radical (unpaired) electrons. The molecule has 15 nitrogen and oxygen atoms in total. The predicted molar refractivity (Wildman–Crippen MR) is 132 cm³/mol. The van der Waals surface area contributed by atoms with Gasteiger partial charge in [-0.3, -0.25) is 9.59 Å². The summed E-state index contributed by atoms with van der Waals surface area (Å²) in [6.07, 6.45) is -11.2. The van der Waals surface area contributed by atoms with E-state index in [0.717, 1.165) is 18.2 Å². The zero-order chi connectivity index (χ0) is 30.1. The Kier molecular flexibility index (Phi) is 9.13. The van der Waals surface area contributed by atoms with Gasteiger partial charge < -0.3 is 64.5 Å². The molecule has 0 unspecified atom stereocenters. The molecule has 2 aromatic rings. The van der Waals surface area contributed by atoms with Crippen LogP contribution in [0.1, 0.15) is 20.7 Å². The molecule has 41 heavy (non-hydrogen) atoms. The molecule has 0 spiro atoms. The Bertz CT molecular complexity index is 1270. The summed E-state index contributed by atoms with van der Waals surface area (Å²) in [5.41, 5.74) is -2.49. The molecule has 8 atom stereocenters. The van der Waals surface area contributed by atoms with Crippen LogP contribution in [0.2, 0.25) is 0 Å². The summed E-state index contributed by atoms with van der Waals surface area (Å²) in [6.45, 7) is -1.73. The summed E-state index contributed by atoms with van der Waals surface area (Å²) in [6, 6.07) is 6.83. The van der Waals surface area contributed by atoms with Crippen LogP contribution < -0.4 is 9.47 Å². The Morgan fingerprint density at radius 3 is 2.29 bits per heavy atom. The second kappa shape index (κ2) is 12.2. The minimum atomic E-state index is -1.95. The number of ether oxygens (including phenoxy) is 5.